The number of hydrogen-bond donors (Lipinski definition) is 2. The Hall–Kier alpha value is -3.55. The number of hydrogen-bond acceptors (Lipinski definition) is 5. The highest BCUT2D eigenvalue weighted by Gasteiger charge is 2.34. The molecule has 4 aromatic heterocycles. The highest BCUT2D eigenvalue weighted by molar-refractivity contribution is 5.98. The smallest absolute Gasteiger partial charge is 0.270 e. The predicted octanol–water partition coefficient (Wildman–Crippen LogP) is 2.33. The van der Waals surface area contributed by atoms with Gasteiger partial charge in [-0.1, -0.05) is 0 Å². The molecule has 1 fully saturated rings. The van der Waals surface area contributed by atoms with E-state index >= 15 is 0 Å². The number of carbonyl (C=O) groups excluding carboxylic acids is 1. The summed E-state index contributed by atoms with van der Waals surface area (Å²) in [6, 6.07) is 7.69. The Morgan fingerprint density at radius 2 is 2.15 bits per heavy atom. The van der Waals surface area contributed by atoms with Crippen molar-refractivity contribution in [3.8, 4) is 11.3 Å². The van der Waals surface area contributed by atoms with Crippen molar-refractivity contribution in [3.05, 3.63) is 60.3 Å². The molecule has 4 aromatic rings. The second-order valence-electron chi connectivity index (χ2n) is 6.28. The van der Waals surface area contributed by atoms with Crippen LogP contribution in [0.25, 0.3) is 22.3 Å². The van der Waals surface area contributed by atoms with Gasteiger partial charge in [-0.05, 0) is 36.2 Å². The number of rotatable bonds is 3. The quantitative estimate of drug-likeness (QED) is 0.593. The zero-order valence-electron chi connectivity index (χ0n) is 13.8. The summed E-state index contributed by atoms with van der Waals surface area (Å²) in [4.78, 5) is 22.5. The van der Waals surface area contributed by atoms with E-state index in [1.54, 1.807) is 24.8 Å². The molecule has 1 atom stereocenters. The molecule has 26 heavy (non-hydrogen) atoms. The van der Waals surface area contributed by atoms with Crippen LogP contribution in [-0.4, -0.2) is 47.7 Å². The molecule has 1 aliphatic rings. The van der Waals surface area contributed by atoms with E-state index < -0.39 is 0 Å². The van der Waals surface area contributed by atoms with Gasteiger partial charge in [-0.15, -0.1) is 0 Å². The number of aromatic nitrogens is 6. The minimum absolute atomic E-state index is 0.0269. The maximum atomic E-state index is 12.9. The predicted molar refractivity (Wildman–Crippen MR) is 94.1 cm³/mol. The van der Waals surface area contributed by atoms with Gasteiger partial charge in [0.1, 0.15) is 11.3 Å². The van der Waals surface area contributed by atoms with Gasteiger partial charge in [0.2, 0.25) is 0 Å². The fraction of sp³-hybridized carbons (Fsp3) is 0.167. The van der Waals surface area contributed by atoms with Crippen LogP contribution in [0.1, 0.15) is 28.5 Å². The largest absolute Gasteiger partial charge is 0.335 e. The maximum Gasteiger partial charge on any atom is 0.270 e. The standard InChI is InChI=1S/C18H15N7O/c26-18(25-6-4-16(25)12-3-5-19-20-8-12)15-7-11-1-2-14(23-17(11)24-15)13-9-21-22-10-13/h1-3,5,7-10,16H,4,6H2,(H,21,22)(H,23,24)/t16-/m1/s1. The topological polar surface area (TPSA) is 103 Å². The molecule has 0 unspecified atom stereocenters. The van der Waals surface area contributed by atoms with Crippen molar-refractivity contribution in [2.75, 3.05) is 6.54 Å². The van der Waals surface area contributed by atoms with Gasteiger partial charge < -0.3 is 9.88 Å². The van der Waals surface area contributed by atoms with Gasteiger partial charge in [0, 0.05) is 29.9 Å². The third kappa shape index (κ3) is 2.34. The Kier molecular flexibility index (Phi) is 3.27. The van der Waals surface area contributed by atoms with Crippen molar-refractivity contribution in [3.63, 3.8) is 0 Å². The monoisotopic (exact) mass is 345 g/mol. The Morgan fingerprint density at radius 3 is 2.88 bits per heavy atom. The molecule has 0 saturated carbocycles. The molecule has 1 amide bonds. The van der Waals surface area contributed by atoms with E-state index in [0.717, 1.165) is 35.2 Å². The van der Waals surface area contributed by atoms with E-state index in [4.69, 9.17) is 0 Å². The molecule has 5 rings (SSSR count). The number of amides is 1. The van der Waals surface area contributed by atoms with Gasteiger partial charge in [0.05, 0.1) is 24.1 Å². The molecular formula is C18H15N7O. The Morgan fingerprint density at radius 1 is 1.19 bits per heavy atom. The van der Waals surface area contributed by atoms with Crippen molar-refractivity contribution >= 4 is 16.9 Å². The lowest BCUT2D eigenvalue weighted by atomic mass is 9.96. The number of aromatic amines is 2. The van der Waals surface area contributed by atoms with E-state index in [9.17, 15) is 4.79 Å². The maximum absolute atomic E-state index is 12.9. The summed E-state index contributed by atoms with van der Waals surface area (Å²) in [5.41, 5.74) is 3.95. The summed E-state index contributed by atoms with van der Waals surface area (Å²) in [6.45, 7) is 0.731. The van der Waals surface area contributed by atoms with Crippen molar-refractivity contribution < 1.29 is 4.79 Å². The molecule has 5 heterocycles. The lowest BCUT2D eigenvalue weighted by Crippen LogP contribution is -2.45. The molecule has 0 aromatic carbocycles. The Labute approximate surface area is 148 Å². The van der Waals surface area contributed by atoms with Crippen LogP contribution in [0.4, 0.5) is 0 Å². The van der Waals surface area contributed by atoms with Gasteiger partial charge in [-0.25, -0.2) is 4.98 Å². The van der Waals surface area contributed by atoms with E-state index in [0.29, 0.717) is 11.3 Å². The molecule has 0 bridgehead atoms. The van der Waals surface area contributed by atoms with Gasteiger partial charge in [-0.2, -0.15) is 15.3 Å². The third-order valence-electron chi connectivity index (χ3n) is 4.78. The summed E-state index contributed by atoms with van der Waals surface area (Å²) < 4.78 is 0. The first-order chi connectivity index (χ1) is 12.8. The molecule has 1 saturated heterocycles. The second kappa shape index (κ2) is 5.76. The molecule has 0 spiro atoms. The first-order valence-corrected chi connectivity index (χ1v) is 8.36. The number of H-pyrrole nitrogens is 2. The summed E-state index contributed by atoms with van der Waals surface area (Å²) >= 11 is 0. The highest BCUT2D eigenvalue weighted by Crippen LogP contribution is 2.34. The third-order valence-corrected chi connectivity index (χ3v) is 4.78. The normalized spacial score (nSPS) is 16.6. The van der Waals surface area contributed by atoms with E-state index in [1.807, 2.05) is 29.2 Å². The first-order valence-electron chi connectivity index (χ1n) is 8.36. The van der Waals surface area contributed by atoms with Gasteiger partial charge in [0.25, 0.3) is 5.91 Å². The molecule has 0 radical (unpaired) electrons. The number of fused-ring (bicyclic) bond motifs is 1. The van der Waals surface area contributed by atoms with Crippen LogP contribution in [0, 0.1) is 0 Å². The van der Waals surface area contributed by atoms with Crippen LogP contribution in [-0.2, 0) is 0 Å². The van der Waals surface area contributed by atoms with Crippen molar-refractivity contribution in [2.24, 2.45) is 0 Å². The lowest BCUT2D eigenvalue weighted by molar-refractivity contribution is 0.0454. The molecule has 8 heteroatoms. The lowest BCUT2D eigenvalue weighted by Gasteiger charge is -2.40. The zero-order chi connectivity index (χ0) is 17.5. The Bertz CT molecular complexity index is 1070. The molecule has 128 valence electrons. The second-order valence-corrected chi connectivity index (χ2v) is 6.28. The van der Waals surface area contributed by atoms with Crippen LogP contribution >= 0.6 is 0 Å². The van der Waals surface area contributed by atoms with Crippen LogP contribution in [0.3, 0.4) is 0 Å². The first kappa shape index (κ1) is 14.8. The molecule has 0 aliphatic carbocycles. The summed E-state index contributed by atoms with van der Waals surface area (Å²) in [5, 5.41) is 15.3. The Balaban J connectivity index is 1.44. The molecule has 8 nitrogen and oxygen atoms in total. The minimum Gasteiger partial charge on any atom is -0.335 e. The molecule has 2 N–H and O–H groups in total. The number of nitrogens with zero attached hydrogens (tertiary/aromatic N) is 5. The number of nitrogens with one attached hydrogen (secondary N) is 2. The van der Waals surface area contributed by atoms with Crippen LogP contribution < -0.4 is 0 Å². The number of pyridine rings is 1. The van der Waals surface area contributed by atoms with Crippen molar-refractivity contribution in [2.45, 2.75) is 12.5 Å². The summed E-state index contributed by atoms with van der Waals surface area (Å²) in [6.07, 6.45) is 7.81. The van der Waals surface area contributed by atoms with Gasteiger partial charge in [0.15, 0.2) is 0 Å². The van der Waals surface area contributed by atoms with Crippen molar-refractivity contribution in [1.82, 2.24) is 35.3 Å². The minimum atomic E-state index is -0.0269. The zero-order valence-corrected chi connectivity index (χ0v) is 13.8. The highest BCUT2D eigenvalue weighted by atomic mass is 16.2. The van der Waals surface area contributed by atoms with Crippen LogP contribution in [0.2, 0.25) is 0 Å². The average molecular weight is 345 g/mol. The van der Waals surface area contributed by atoms with Crippen molar-refractivity contribution in [1.29, 1.82) is 0 Å². The molecule has 1 aliphatic heterocycles. The van der Waals surface area contributed by atoms with Gasteiger partial charge >= 0.3 is 0 Å². The molecular weight excluding hydrogens is 330 g/mol. The van der Waals surface area contributed by atoms with Gasteiger partial charge in [-0.3, -0.25) is 9.89 Å². The average Bonchev–Trinajstić information content (AvgIpc) is 3.30. The van der Waals surface area contributed by atoms with E-state index in [1.165, 1.54) is 0 Å². The van der Waals surface area contributed by atoms with E-state index in [2.05, 4.69) is 30.4 Å². The number of carbonyl (C=O) groups is 1. The van der Waals surface area contributed by atoms with E-state index in [-0.39, 0.29) is 11.9 Å². The van der Waals surface area contributed by atoms with Crippen LogP contribution in [0.15, 0.2) is 49.1 Å². The SMILES string of the molecule is O=C(c1cc2ccc(-c3cn[nH]c3)nc2[nH]1)N1CC[C@@H]1c1ccnnc1. The fourth-order valence-electron chi connectivity index (χ4n) is 3.30. The fourth-order valence-corrected chi connectivity index (χ4v) is 3.30. The number of likely N-dealkylation sites (tertiary alicyclic amines) is 1. The summed E-state index contributed by atoms with van der Waals surface area (Å²) in [7, 11) is 0. The van der Waals surface area contributed by atoms with Crippen LogP contribution in [0.5, 0.6) is 0 Å². The summed E-state index contributed by atoms with van der Waals surface area (Å²) in [5.74, 6) is -0.0269.